The molecule has 2 rings (SSSR count). The Morgan fingerprint density at radius 1 is 1.43 bits per heavy atom. The fraction of sp³-hybridized carbons (Fsp3) is 0.562. The summed E-state index contributed by atoms with van der Waals surface area (Å²) >= 11 is 0. The number of rotatable bonds is 6. The van der Waals surface area contributed by atoms with Crippen LogP contribution >= 0.6 is 0 Å². The molecule has 5 heteroatoms. The summed E-state index contributed by atoms with van der Waals surface area (Å²) in [6, 6.07) is 7.25. The average molecular weight is 292 g/mol. The van der Waals surface area contributed by atoms with Crippen molar-refractivity contribution in [2.45, 2.75) is 19.4 Å². The van der Waals surface area contributed by atoms with E-state index in [1.165, 1.54) is 0 Å². The predicted molar refractivity (Wildman–Crippen MR) is 82.0 cm³/mol. The lowest BCUT2D eigenvalue weighted by Crippen LogP contribution is -2.50. The van der Waals surface area contributed by atoms with Crippen LogP contribution in [0, 0.1) is 0 Å². The summed E-state index contributed by atoms with van der Waals surface area (Å²) in [7, 11) is 2.17. The first kappa shape index (κ1) is 15.8. The van der Waals surface area contributed by atoms with Crippen LogP contribution < -0.4 is 4.74 Å². The minimum atomic E-state index is -0.924. The highest BCUT2D eigenvalue weighted by Gasteiger charge is 2.19. The van der Waals surface area contributed by atoms with Gasteiger partial charge in [-0.2, -0.15) is 0 Å². The number of benzene rings is 1. The van der Waals surface area contributed by atoms with E-state index in [1.54, 1.807) is 24.3 Å². The number of carbonyl (C=O) groups is 1. The van der Waals surface area contributed by atoms with Gasteiger partial charge in [0.05, 0.1) is 12.2 Å². The molecule has 0 spiro atoms. The molecule has 1 aromatic carbocycles. The van der Waals surface area contributed by atoms with Crippen LogP contribution in [-0.2, 0) is 0 Å². The second-order valence-corrected chi connectivity index (χ2v) is 5.67. The summed E-state index contributed by atoms with van der Waals surface area (Å²) in [5.74, 6) is -0.298. The van der Waals surface area contributed by atoms with Crippen LogP contribution in [0.1, 0.15) is 23.7 Å². The number of nitrogens with zero attached hydrogens (tertiary/aromatic N) is 2. The minimum absolute atomic E-state index is 0.264. The van der Waals surface area contributed by atoms with Gasteiger partial charge in [0.15, 0.2) is 0 Å². The van der Waals surface area contributed by atoms with E-state index < -0.39 is 5.97 Å². The molecule has 0 bridgehead atoms. The number of carboxylic acid groups (broad SMARTS) is 1. The standard InChI is InChI=1S/C16H24N2O3/c1-13-12-18(9-8-17(13)2)7-4-10-21-15-6-3-5-14(11-15)16(19)20/h3,5-6,11,13H,4,7-10,12H2,1-2H3,(H,19,20). The molecule has 0 aliphatic carbocycles. The largest absolute Gasteiger partial charge is 0.494 e. The molecular formula is C16H24N2O3. The summed E-state index contributed by atoms with van der Waals surface area (Å²) in [5, 5.41) is 8.93. The van der Waals surface area contributed by atoms with Crippen molar-refractivity contribution in [2.75, 3.05) is 39.8 Å². The summed E-state index contributed by atoms with van der Waals surface area (Å²) in [4.78, 5) is 15.7. The van der Waals surface area contributed by atoms with Crippen LogP contribution in [0.2, 0.25) is 0 Å². The maximum atomic E-state index is 10.9. The maximum Gasteiger partial charge on any atom is 0.335 e. The maximum absolute atomic E-state index is 10.9. The molecule has 1 heterocycles. The van der Waals surface area contributed by atoms with Crippen LogP contribution in [0.25, 0.3) is 0 Å². The Morgan fingerprint density at radius 2 is 2.24 bits per heavy atom. The highest BCUT2D eigenvalue weighted by atomic mass is 16.5. The van der Waals surface area contributed by atoms with Gasteiger partial charge in [0, 0.05) is 32.2 Å². The summed E-state index contributed by atoms with van der Waals surface area (Å²) in [6.07, 6.45) is 0.952. The molecule has 1 saturated heterocycles. The fourth-order valence-corrected chi connectivity index (χ4v) is 2.52. The topological polar surface area (TPSA) is 53.0 Å². The van der Waals surface area contributed by atoms with E-state index in [4.69, 9.17) is 9.84 Å². The third-order valence-corrected chi connectivity index (χ3v) is 4.01. The van der Waals surface area contributed by atoms with Gasteiger partial charge in [-0.1, -0.05) is 6.07 Å². The van der Waals surface area contributed by atoms with Crippen molar-refractivity contribution in [3.63, 3.8) is 0 Å². The van der Waals surface area contributed by atoms with Gasteiger partial charge >= 0.3 is 5.97 Å². The quantitative estimate of drug-likeness (QED) is 0.810. The Labute approximate surface area is 126 Å². The number of piperazine rings is 1. The monoisotopic (exact) mass is 292 g/mol. The second kappa shape index (κ2) is 7.43. The lowest BCUT2D eigenvalue weighted by Gasteiger charge is -2.37. The smallest absolute Gasteiger partial charge is 0.335 e. The van der Waals surface area contributed by atoms with E-state index >= 15 is 0 Å². The number of ether oxygens (including phenoxy) is 1. The van der Waals surface area contributed by atoms with Crippen LogP contribution in [0.15, 0.2) is 24.3 Å². The minimum Gasteiger partial charge on any atom is -0.494 e. The van der Waals surface area contributed by atoms with Crippen LogP contribution in [0.5, 0.6) is 5.75 Å². The highest BCUT2D eigenvalue weighted by Crippen LogP contribution is 2.14. The molecule has 116 valence electrons. The first-order valence-corrected chi connectivity index (χ1v) is 7.45. The van der Waals surface area contributed by atoms with E-state index in [9.17, 15) is 4.79 Å². The molecule has 0 radical (unpaired) electrons. The van der Waals surface area contributed by atoms with Crippen LogP contribution in [0.4, 0.5) is 0 Å². The van der Waals surface area contributed by atoms with Gasteiger partial charge in [0.2, 0.25) is 0 Å². The number of hydrogen-bond acceptors (Lipinski definition) is 4. The average Bonchev–Trinajstić information content (AvgIpc) is 2.47. The van der Waals surface area contributed by atoms with Gasteiger partial charge in [0.25, 0.3) is 0 Å². The van der Waals surface area contributed by atoms with Crippen LogP contribution in [-0.4, -0.2) is 66.8 Å². The first-order valence-electron chi connectivity index (χ1n) is 7.45. The molecule has 1 unspecified atom stereocenters. The highest BCUT2D eigenvalue weighted by molar-refractivity contribution is 5.87. The predicted octanol–water partition coefficient (Wildman–Crippen LogP) is 1.79. The first-order chi connectivity index (χ1) is 10.1. The second-order valence-electron chi connectivity index (χ2n) is 5.67. The molecule has 0 saturated carbocycles. The van der Waals surface area contributed by atoms with Gasteiger partial charge in [0.1, 0.15) is 5.75 Å². The Kier molecular flexibility index (Phi) is 5.59. The molecule has 1 N–H and O–H groups in total. The summed E-state index contributed by atoms with van der Waals surface area (Å²) in [6.45, 7) is 7.21. The molecule has 5 nitrogen and oxygen atoms in total. The van der Waals surface area contributed by atoms with E-state index in [0.717, 1.165) is 32.6 Å². The van der Waals surface area contributed by atoms with Crippen molar-refractivity contribution < 1.29 is 14.6 Å². The Hall–Kier alpha value is -1.59. The van der Waals surface area contributed by atoms with Crippen molar-refractivity contribution in [1.82, 2.24) is 9.80 Å². The number of carboxylic acids is 1. The van der Waals surface area contributed by atoms with Crippen molar-refractivity contribution in [3.05, 3.63) is 29.8 Å². The SMILES string of the molecule is CC1CN(CCCOc2cccc(C(=O)O)c2)CCN1C. The molecule has 0 amide bonds. The molecule has 21 heavy (non-hydrogen) atoms. The number of aromatic carboxylic acids is 1. The molecule has 1 fully saturated rings. The van der Waals surface area contributed by atoms with Gasteiger partial charge in [-0.15, -0.1) is 0 Å². The summed E-state index contributed by atoms with van der Waals surface area (Å²) in [5.41, 5.74) is 0.264. The van der Waals surface area contributed by atoms with Crippen molar-refractivity contribution in [1.29, 1.82) is 0 Å². The van der Waals surface area contributed by atoms with E-state index in [1.807, 2.05) is 0 Å². The zero-order chi connectivity index (χ0) is 15.2. The van der Waals surface area contributed by atoms with Crippen molar-refractivity contribution >= 4 is 5.97 Å². The van der Waals surface area contributed by atoms with E-state index in [0.29, 0.717) is 18.4 Å². The zero-order valence-corrected chi connectivity index (χ0v) is 12.8. The van der Waals surface area contributed by atoms with Gasteiger partial charge in [-0.3, -0.25) is 0 Å². The molecule has 1 aliphatic heterocycles. The molecule has 0 aromatic heterocycles. The zero-order valence-electron chi connectivity index (χ0n) is 12.8. The van der Waals surface area contributed by atoms with E-state index in [-0.39, 0.29) is 5.56 Å². The van der Waals surface area contributed by atoms with E-state index in [2.05, 4.69) is 23.8 Å². The summed E-state index contributed by atoms with van der Waals surface area (Å²) < 4.78 is 5.64. The lowest BCUT2D eigenvalue weighted by molar-refractivity contribution is 0.0696. The lowest BCUT2D eigenvalue weighted by atomic mass is 10.2. The third kappa shape index (κ3) is 4.72. The van der Waals surface area contributed by atoms with Crippen LogP contribution in [0.3, 0.4) is 0 Å². The van der Waals surface area contributed by atoms with Gasteiger partial charge in [-0.25, -0.2) is 4.79 Å². The molecular weight excluding hydrogens is 268 g/mol. The fourth-order valence-electron chi connectivity index (χ4n) is 2.52. The Bertz CT molecular complexity index is 478. The molecule has 1 atom stereocenters. The normalized spacial score (nSPS) is 20.4. The van der Waals surface area contributed by atoms with Crippen molar-refractivity contribution in [3.8, 4) is 5.75 Å². The third-order valence-electron chi connectivity index (χ3n) is 4.01. The Morgan fingerprint density at radius 3 is 2.95 bits per heavy atom. The van der Waals surface area contributed by atoms with Crippen molar-refractivity contribution in [2.24, 2.45) is 0 Å². The van der Waals surface area contributed by atoms with Gasteiger partial charge in [-0.05, 0) is 38.6 Å². The number of hydrogen-bond donors (Lipinski definition) is 1. The van der Waals surface area contributed by atoms with Gasteiger partial charge < -0.3 is 19.6 Å². The molecule has 1 aromatic rings. The Balaban J connectivity index is 1.70. The molecule has 1 aliphatic rings. The number of likely N-dealkylation sites (N-methyl/N-ethyl adjacent to an activating group) is 1.